The lowest BCUT2D eigenvalue weighted by atomic mass is 10.0. The van der Waals surface area contributed by atoms with E-state index in [0.717, 1.165) is 12.8 Å². The van der Waals surface area contributed by atoms with Crippen LogP contribution in [-0.4, -0.2) is 58.9 Å². The van der Waals surface area contributed by atoms with Gasteiger partial charge in [0.05, 0.1) is 0 Å². The molecule has 1 aliphatic rings. The standard InChI is InChI=1S/C15H26N2O4/c1-3-12(4-2)15(21)17-10-8-16(9-11-17)13(18)6-5-7-14(19)20/h12H,3-11H2,1-2H3,(H,19,20). The Balaban J connectivity index is 2.36. The van der Waals surface area contributed by atoms with Crippen molar-refractivity contribution < 1.29 is 19.5 Å². The minimum Gasteiger partial charge on any atom is -0.481 e. The van der Waals surface area contributed by atoms with Crippen LogP contribution in [0.5, 0.6) is 0 Å². The van der Waals surface area contributed by atoms with Crippen LogP contribution in [0.3, 0.4) is 0 Å². The van der Waals surface area contributed by atoms with Gasteiger partial charge in [0.2, 0.25) is 11.8 Å². The highest BCUT2D eigenvalue weighted by Gasteiger charge is 2.27. The number of piperazine rings is 1. The van der Waals surface area contributed by atoms with Crippen molar-refractivity contribution in [2.75, 3.05) is 26.2 Å². The van der Waals surface area contributed by atoms with Crippen molar-refractivity contribution in [1.29, 1.82) is 0 Å². The molecule has 1 aliphatic heterocycles. The van der Waals surface area contributed by atoms with Crippen molar-refractivity contribution in [3.8, 4) is 0 Å². The first-order valence-corrected chi connectivity index (χ1v) is 7.77. The van der Waals surface area contributed by atoms with Gasteiger partial charge in [-0.3, -0.25) is 14.4 Å². The summed E-state index contributed by atoms with van der Waals surface area (Å²) in [7, 11) is 0. The van der Waals surface area contributed by atoms with E-state index in [9.17, 15) is 14.4 Å². The van der Waals surface area contributed by atoms with Crippen LogP contribution in [0.15, 0.2) is 0 Å². The third-order valence-electron chi connectivity index (χ3n) is 4.06. The van der Waals surface area contributed by atoms with E-state index in [2.05, 4.69) is 0 Å². The molecule has 0 atom stereocenters. The first-order valence-electron chi connectivity index (χ1n) is 7.77. The molecular formula is C15H26N2O4. The highest BCUT2D eigenvalue weighted by Crippen LogP contribution is 2.14. The van der Waals surface area contributed by atoms with E-state index in [1.807, 2.05) is 18.7 Å². The number of amides is 2. The van der Waals surface area contributed by atoms with E-state index in [0.29, 0.717) is 32.6 Å². The fourth-order valence-electron chi connectivity index (χ4n) is 2.62. The second-order valence-corrected chi connectivity index (χ2v) is 5.47. The quantitative estimate of drug-likeness (QED) is 0.769. The van der Waals surface area contributed by atoms with Crippen molar-refractivity contribution in [2.24, 2.45) is 5.92 Å². The minimum atomic E-state index is -0.872. The van der Waals surface area contributed by atoms with Crippen LogP contribution < -0.4 is 0 Å². The maximum absolute atomic E-state index is 12.2. The first-order chi connectivity index (χ1) is 9.99. The van der Waals surface area contributed by atoms with Gasteiger partial charge >= 0.3 is 5.97 Å². The predicted molar refractivity (Wildman–Crippen MR) is 78.7 cm³/mol. The van der Waals surface area contributed by atoms with E-state index >= 15 is 0 Å². The second-order valence-electron chi connectivity index (χ2n) is 5.47. The Morgan fingerprint density at radius 3 is 1.95 bits per heavy atom. The molecule has 0 aliphatic carbocycles. The number of rotatable bonds is 7. The Bertz CT molecular complexity index is 372. The van der Waals surface area contributed by atoms with Crippen LogP contribution in [0.1, 0.15) is 46.0 Å². The van der Waals surface area contributed by atoms with E-state index in [1.165, 1.54) is 0 Å². The summed E-state index contributed by atoms with van der Waals surface area (Å²) in [4.78, 5) is 38.2. The molecule has 0 saturated carbocycles. The van der Waals surface area contributed by atoms with Crippen LogP contribution in [-0.2, 0) is 14.4 Å². The van der Waals surface area contributed by atoms with Gasteiger partial charge in [-0.2, -0.15) is 0 Å². The van der Waals surface area contributed by atoms with Gasteiger partial charge in [0, 0.05) is 44.9 Å². The molecule has 0 bridgehead atoms. The van der Waals surface area contributed by atoms with Crippen LogP contribution in [0.4, 0.5) is 0 Å². The summed E-state index contributed by atoms with van der Waals surface area (Å²) >= 11 is 0. The monoisotopic (exact) mass is 298 g/mol. The lowest BCUT2D eigenvalue weighted by Gasteiger charge is -2.36. The van der Waals surface area contributed by atoms with Gasteiger partial charge < -0.3 is 14.9 Å². The molecule has 1 heterocycles. The molecule has 120 valence electrons. The zero-order chi connectivity index (χ0) is 15.8. The van der Waals surface area contributed by atoms with E-state index < -0.39 is 5.97 Å². The molecule has 6 heteroatoms. The molecule has 0 spiro atoms. The lowest BCUT2D eigenvalue weighted by molar-refractivity contribution is -0.142. The molecule has 0 aromatic heterocycles. The lowest BCUT2D eigenvalue weighted by Crippen LogP contribution is -2.51. The number of carbonyl (C=O) groups is 3. The summed E-state index contributed by atoms with van der Waals surface area (Å²) in [5.74, 6) is -0.602. The summed E-state index contributed by atoms with van der Waals surface area (Å²) in [6.45, 7) is 6.32. The summed E-state index contributed by atoms with van der Waals surface area (Å²) in [6.07, 6.45) is 2.38. The van der Waals surface area contributed by atoms with Gasteiger partial charge in [-0.1, -0.05) is 13.8 Å². The van der Waals surface area contributed by atoms with Crippen LogP contribution in [0.25, 0.3) is 0 Å². The van der Waals surface area contributed by atoms with Gasteiger partial charge in [0.15, 0.2) is 0 Å². The summed E-state index contributed by atoms with van der Waals surface area (Å²) < 4.78 is 0. The van der Waals surface area contributed by atoms with Gasteiger partial charge in [-0.25, -0.2) is 0 Å². The maximum atomic E-state index is 12.2. The van der Waals surface area contributed by atoms with Crippen molar-refractivity contribution in [3.05, 3.63) is 0 Å². The molecule has 1 fully saturated rings. The van der Waals surface area contributed by atoms with Crippen molar-refractivity contribution >= 4 is 17.8 Å². The zero-order valence-electron chi connectivity index (χ0n) is 13.0. The number of nitrogens with zero attached hydrogens (tertiary/aromatic N) is 2. The molecule has 0 unspecified atom stereocenters. The fraction of sp³-hybridized carbons (Fsp3) is 0.800. The average molecular weight is 298 g/mol. The van der Waals surface area contributed by atoms with E-state index in [4.69, 9.17) is 5.11 Å². The number of carbonyl (C=O) groups excluding carboxylic acids is 2. The number of carboxylic acids is 1. The van der Waals surface area contributed by atoms with Gasteiger partial charge in [-0.15, -0.1) is 0 Å². The topological polar surface area (TPSA) is 77.9 Å². The van der Waals surface area contributed by atoms with Gasteiger partial charge in [0.25, 0.3) is 0 Å². The minimum absolute atomic E-state index is 0.00844. The average Bonchev–Trinajstić information content (AvgIpc) is 2.48. The van der Waals surface area contributed by atoms with Gasteiger partial charge in [-0.05, 0) is 19.3 Å². The molecule has 2 amide bonds. The third-order valence-corrected chi connectivity index (χ3v) is 4.06. The summed E-state index contributed by atoms with van der Waals surface area (Å²) in [5.41, 5.74) is 0. The Morgan fingerprint density at radius 1 is 0.952 bits per heavy atom. The zero-order valence-corrected chi connectivity index (χ0v) is 13.0. The van der Waals surface area contributed by atoms with E-state index in [1.54, 1.807) is 4.90 Å². The van der Waals surface area contributed by atoms with Gasteiger partial charge in [0.1, 0.15) is 0 Å². The van der Waals surface area contributed by atoms with Crippen molar-refractivity contribution in [1.82, 2.24) is 9.80 Å². The predicted octanol–water partition coefficient (Wildman–Crippen LogP) is 1.35. The van der Waals surface area contributed by atoms with Crippen molar-refractivity contribution in [3.63, 3.8) is 0 Å². The summed E-state index contributed by atoms with van der Waals surface area (Å²) in [5, 5.41) is 8.56. The SMILES string of the molecule is CCC(CC)C(=O)N1CCN(C(=O)CCCC(=O)O)CC1. The Kier molecular flexibility index (Phi) is 7.19. The molecule has 6 nitrogen and oxygen atoms in total. The molecule has 0 aromatic carbocycles. The molecule has 1 rings (SSSR count). The fourth-order valence-corrected chi connectivity index (χ4v) is 2.62. The number of carboxylic acid groups (broad SMARTS) is 1. The molecule has 0 radical (unpaired) electrons. The molecule has 21 heavy (non-hydrogen) atoms. The number of hydrogen-bond acceptors (Lipinski definition) is 3. The first kappa shape index (κ1) is 17.5. The Labute approximate surface area is 126 Å². The maximum Gasteiger partial charge on any atom is 0.303 e. The molecule has 1 saturated heterocycles. The second kappa shape index (κ2) is 8.64. The smallest absolute Gasteiger partial charge is 0.303 e. The number of hydrogen-bond donors (Lipinski definition) is 1. The molecule has 0 aromatic rings. The number of aliphatic carboxylic acids is 1. The summed E-state index contributed by atoms with van der Waals surface area (Å²) in [6, 6.07) is 0. The van der Waals surface area contributed by atoms with E-state index in [-0.39, 0.29) is 30.6 Å². The van der Waals surface area contributed by atoms with Crippen LogP contribution in [0.2, 0.25) is 0 Å². The Hall–Kier alpha value is -1.59. The highest BCUT2D eigenvalue weighted by molar-refractivity contribution is 5.80. The largest absolute Gasteiger partial charge is 0.481 e. The third kappa shape index (κ3) is 5.36. The van der Waals surface area contributed by atoms with Crippen LogP contribution in [0, 0.1) is 5.92 Å². The Morgan fingerprint density at radius 2 is 1.48 bits per heavy atom. The molecular weight excluding hydrogens is 272 g/mol. The van der Waals surface area contributed by atoms with Crippen molar-refractivity contribution in [2.45, 2.75) is 46.0 Å². The van der Waals surface area contributed by atoms with Crippen LogP contribution >= 0.6 is 0 Å². The molecule has 1 N–H and O–H groups in total. The highest BCUT2D eigenvalue weighted by atomic mass is 16.4. The normalized spacial score (nSPS) is 15.4.